The van der Waals surface area contributed by atoms with E-state index in [0.29, 0.717) is 17.6 Å². The molecule has 120 valence electrons. The Kier molecular flexibility index (Phi) is 3.98. The summed E-state index contributed by atoms with van der Waals surface area (Å²) in [6, 6.07) is 0. The Bertz CT molecular complexity index is 681. The van der Waals surface area contributed by atoms with Crippen LogP contribution in [0.1, 0.15) is 19.8 Å². The molecule has 0 aromatic carbocycles. The maximum atomic E-state index is 10.3. The van der Waals surface area contributed by atoms with Gasteiger partial charge in [-0.25, -0.2) is 15.0 Å². The molecule has 0 radical (unpaired) electrons. The Morgan fingerprint density at radius 1 is 1.45 bits per heavy atom. The number of aliphatic hydroxyl groups is 2. The van der Waals surface area contributed by atoms with Gasteiger partial charge in [-0.2, -0.15) is 12.6 Å². The molecule has 4 atom stereocenters. The lowest BCUT2D eigenvalue weighted by Gasteiger charge is -2.34. The normalized spacial score (nSPS) is 31.9. The standard InChI is InChI=1S/C13H19N5O3S/c1-2-3-13(10(22)9(20)7(4-19)21-13)18-6-17-8-11(14)15-5-16-12(8)18/h5-7,9-10,19-20,22H,2-4H2,1H3,(H2,14,15,16)/t7-,9-,10-,13-/m1/s1. The van der Waals surface area contributed by atoms with Crippen LogP contribution in [0.25, 0.3) is 11.2 Å². The lowest BCUT2D eigenvalue weighted by Crippen LogP contribution is -2.42. The molecule has 2 aromatic heterocycles. The van der Waals surface area contributed by atoms with Gasteiger partial charge in [-0.15, -0.1) is 0 Å². The molecule has 1 fully saturated rings. The SMILES string of the molecule is CCC[C@@]1(n2cnc3c(N)ncnc32)O[C@H](CO)[C@@H](O)[C@H]1S. The minimum atomic E-state index is -0.944. The number of aromatic nitrogens is 4. The van der Waals surface area contributed by atoms with Gasteiger partial charge in [0.15, 0.2) is 17.2 Å². The number of ether oxygens (including phenoxy) is 1. The van der Waals surface area contributed by atoms with Crippen molar-refractivity contribution in [3.8, 4) is 0 Å². The molecule has 4 N–H and O–H groups in total. The van der Waals surface area contributed by atoms with E-state index in [1.807, 2.05) is 6.92 Å². The van der Waals surface area contributed by atoms with Crippen molar-refractivity contribution in [1.29, 1.82) is 0 Å². The molecule has 1 aliphatic heterocycles. The van der Waals surface area contributed by atoms with Crippen molar-refractivity contribution in [3.05, 3.63) is 12.7 Å². The predicted molar refractivity (Wildman–Crippen MR) is 83.4 cm³/mol. The first-order valence-electron chi connectivity index (χ1n) is 7.14. The van der Waals surface area contributed by atoms with Crippen LogP contribution in [-0.2, 0) is 10.5 Å². The van der Waals surface area contributed by atoms with Crippen molar-refractivity contribution >= 4 is 29.6 Å². The van der Waals surface area contributed by atoms with E-state index in [2.05, 4.69) is 27.6 Å². The van der Waals surface area contributed by atoms with E-state index in [1.54, 1.807) is 10.9 Å². The van der Waals surface area contributed by atoms with Crippen molar-refractivity contribution < 1.29 is 14.9 Å². The lowest BCUT2D eigenvalue weighted by atomic mass is 10.0. The summed E-state index contributed by atoms with van der Waals surface area (Å²) >= 11 is 4.54. The highest BCUT2D eigenvalue weighted by Gasteiger charge is 2.54. The number of fused-ring (bicyclic) bond motifs is 1. The Morgan fingerprint density at radius 2 is 2.23 bits per heavy atom. The van der Waals surface area contributed by atoms with Gasteiger partial charge in [0.2, 0.25) is 0 Å². The lowest BCUT2D eigenvalue weighted by molar-refractivity contribution is -0.118. The van der Waals surface area contributed by atoms with Gasteiger partial charge in [-0.05, 0) is 6.42 Å². The molecule has 0 amide bonds. The molecular formula is C13H19N5O3S. The van der Waals surface area contributed by atoms with Crippen molar-refractivity contribution in [3.63, 3.8) is 0 Å². The van der Waals surface area contributed by atoms with Gasteiger partial charge in [0.1, 0.15) is 17.9 Å². The van der Waals surface area contributed by atoms with Crippen LogP contribution in [0.15, 0.2) is 12.7 Å². The summed E-state index contributed by atoms with van der Waals surface area (Å²) in [4.78, 5) is 12.4. The second kappa shape index (κ2) is 5.65. The minimum absolute atomic E-state index is 0.281. The van der Waals surface area contributed by atoms with E-state index in [1.165, 1.54) is 6.33 Å². The highest BCUT2D eigenvalue weighted by atomic mass is 32.1. The van der Waals surface area contributed by atoms with E-state index in [4.69, 9.17) is 10.5 Å². The number of aliphatic hydroxyl groups excluding tert-OH is 2. The van der Waals surface area contributed by atoms with E-state index in [-0.39, 0.29) is 12.4 Å². The zero-order valence-corrected chi connectivity index (χ0v) is 13.0. The summed E-state index contributed by atoms with van der Waals surface area (Å²) in [5.74, 6) is 0.281. The fourth-order valence-electron chi connectivity index (χ4n) is 3.03. The molecule has 1 aliphatic rings. The Labute approximate surface area is 132 Å². The third-order valence-corrected chi connectivity index (χ3v) is 4.79. The van der Waals surface area contributed by atoms with Gasteiger partial charge in [0.25, 0.3) is 0 Å². The molecule has 2 aromatic rings. The topological polar surface area (TPSA) is 119 Å². The van der Waals surface area contributed by atoms with Crippen molar-refractivity contribution in [2.75, 3.05) is 12.3 Å². The van der Waals surface area contributed by atoms with E-state index < -0.39 is 23.2 Å². The van der Waals surface area contributed by atoms with Gasteiger partial charge in [0.05, 0.1) is 24.3 Å². The first-order chi connectivity index (χ1) is 10.5. The Hall–Kier alpha value is -1.42. The number of rotatable bonds is 4. The number of nitrogen functional groups attached to an aromatic ring is 1. The van der Waals surface area contributed by atoms with Gasteiger partial charge in [0, 0.05) is 0 Å². The minimum Gasteiger partial charge on any atom is -0.394 e. The molecule has 3 rings (SSSR count). The molecule has 8 nitrogen and oxygen atoms in total. The van der Waals surface area contributed by atoms with Crippen LogP contribution in [0.4, 0.5) is 5.82 Å². The van der Waals surface area contributed by atoms with Crippen LogP contribution in [0.3, 0.4) is 0 Å². The van der Waals surface area contributed by atoms with Gasteiger partial charge >= 0.3 is 0 Å². The molecule has 0 aliphatic carbocycles. The summed E-state index contributed by atoms with van der Waals surface area (Å²) in [6.45, 7) is 1.72. The van der Waals surface area contributed by atoms with Crippen molar-refractivity contribution in [2.24, 2.45) is 0 Å². The molecule has 9 heteroatoms. The fourth-order valence-corrected chi connectivity index (χ4v) is 3.54. The Balaban J connectivity index is 2.17. The first kappa shape index (κ1) is 15.5. The quantitative estimate of drug-likeness (QED) is 0.580. The first-order valence-corrected chi connectivity index (χ1v) is 7.65. The second-order valence-electron chi connectivity index (χ2n) is 5.41. The predicted octanol–water partition coefficient (Wildman–Crippen LogP) is -0.0882. The van der Waals surface area contributed by atoms with Crippen LogP contribution in [0, 0.1) is 0 Å². The van der Waals surface area contributed by atoms with Crippen molar-refractivity contribution in [2.45, 2.75) is 42.9 Å². The number of nitrogens with two attached hydrogens (primary N) is 1. The summed E-state index contributed by atoms with van der Waals surface area (Å²) in [7, 11) is 0. The van der Waals surface area contributed by atoms with Crippen LogP contribution >= 0.6 is 12.6 Å². The highest BCUT2D eigenvalue weighted by Crippen LogP contribution is 2.43. The van der Waals surface area contributed by atoms with Crippen molar-refractivity contribution in [1.82, 2.24) is 19.5 Å². The molecule has 1 saturated heterocycles. The summed E-state index contributed by atoms with van der Waals surface area (Å²) in [5, 5.41) is 19.2. The number of thiol groups is 1. The molecule has 0 unspecified atom stereocenters. The zero-order chi connectivity index (χ0) is 15.9. The van der Waals surface area contributed by atoms with E-state index >= 15 is 0 Å². The number of nitrogens with zero attached hydrogens (tertiary/aromatic N) is 4. The molecular weight excluding hydrogens is 306 g/mol. The van der Waals surface area contributed by atoms with Crippen LogP contribution < -0.4 is 5.73 Å². The number of imidazole rings is 1. The second-order valence-corrected chi connectivity index (χ2v) is 5.97. The summed E-state index contributed by atoms with van der Waals surface area (Å²) < 4.78 is 7.74. The highest BCUT2D eigenvalue weighted by molar-refractivity contribution is 7.81. The van der Waals surface area contributed by atoms with Crippen LogP contribution in [0.2, 0.25) is 0 Å². The van der Waals surface area contributed by atoms with E-state index in [9.17, 15) is 10.2 Å². The maximum absolute atomic E-state index is 10.3. The number of anilines is 1. The smallest absolute Gasteiger partial charge is 0.167 e. The summed E-state index contributed by atoms with van der Waals surface area (Å²) in [5.41, 5.74) is 5.88. The average molecular weight is 325 g/mol. The van der Waals surface area contributed by atoms with Gasteiger partial charge in [-0.1, -0.05) is 13.3 Å². The van der Waals surface area contributed by atoms with Gasteiger partial charge < -0.3 is 20.7 Å². The molecule has 0 saturated carbocycles. The van der Waals surface area contributed by atoms with Crippen LogP contribution in [0.5, 0.6) is 0 Å². The fraction of sp³-hybridized carbons (Fsp3) is 0.615. The molecule has 0 bridgehead atoms. The zero-order valence-electron chi connectivity index (χ0n) is 12.1. The third kappa shape index (κ3) is 2.08. The van der Waals surface area contributed by atoms with Gasteiger partial charge in [-0.3, -0.25) is 4.57 Å². The van der Waals surface area contributed by atoms with Crippen LogP contribution in [-0.4, -0.2) is 53.8 Å². The number of hydrogen-bond acceptors (Lipinski definition) is 8. The maximum Gasteiger partial charge on any atom is 0.167 e. The Morgan fingerprint density at radius 3 is 2.86 bits per heavy atom. The number of hydrogen-bond donors (Lipinski definition) is 4. The van der Waals surface area contributed by atoms with E-state index in [0.717, 1.165) is 6.42 Å². The summed E-state index contributed by atoms with van der Waals surface area (Å²) in [6.07, 6.45) is 2.72. The monoisotopic (exact) mass is 325 g/mol. The largest absolute Gasteiger partial charge is 0.394 e. The average Bonchev–Trinajstić information content (AvgIpc) is 3.04. The molecule has 0 spiro atoms. The molecule has 22 heavy (non-hydrogen) atoms. The third-order valence-electron chi connectivity index (χ3n) is 4.08. The molecule has 3 heterocycles.